The van der Waals surface area contributed by atoms with Crippen LogP contribution in [0.4, 0.5) is 0 Å². The Morgan fingerprint density at radius 3 is 3.17 bits per heavy atom. The fourth-order valence-electron chi connectivity index (χ4n) is 2.45. The van der Waals surface area contributed by atoms with Gasteiger partial charge in [0.05, 0.1) is 6.54 Å². The molecule has 0 spiro atoms. The first kappa shape index (κ1) is 13.5. The number of aliphatic hydroxyl groups excluding tert-OH is 1. The summed E-state index contributed by atoms with van der Waals surface area (Å²) in [6, 6.07) is 0.386. The highest BCUT2D eigenvalue weighted by Gasteiger charge is 2.19. The van der Waals surface area contributed by atoms with Gasteiger partial charge in [0.2, 0.25) is 0 Å². The average Bonchev–Trinajstić information content (AvgIpc) is 2.83. The summed E-state index contributed by atoms with van der Waals surface area (Å²) in [6.45, 7) is 7.45. The van der Waals surface area contributed by atoms with Gasteiger partial charge in [-0.25, -0.2) is 4.98 Å². The number of nitrogens with one attached hydrogen (secondary N) is 1. The molecular formula is C13H24N4O. The Labute approximate surface area is 109 Å². The first-order chi connectivity index (χ1) is 8.83. The van der Waals surface area contributed by atoms with Gasteiger partial charge in [0.15, 0.2) is 0 Å². The minimum atomic E-state index is 0.254. The number of aliphatic hydroxyl groups is 1. The Morgan fingerprint density at radius 1 is 1.50 bits per heavy atom. The van der Waals surface area contributed by atoms with Gasteiger partial charge in [-0.15, -0.1) is 0 Å². The summed E-state index contributed by atoms with van der Waals surface area (Å²) in [4.78, 5) is 6.80. The normalized spacial score (nSPS) is 17.7. The summed E-state index contributed by atoms with van der Waals surface area (Å²) in [7, 11) is 0. The lowest BCUT2D eigenvalue weighted by Gasteiger charge is -2.31. The highest BCUT2D eigenvalue weighted by Crippen LogP contribution is 2.11. The third kappa shape index (κ3) is 3.54. The Balaban J connectivity index is 1.84. The van der Waals surface area contributed by atoms with Gasteiger partial charge in [-0.1, -0.05) is 6.92 Å². The molecular weight excluding hydrogens is 228 g/mol. The highest BCUT2D eigenvalue weighted by molar-refractivity contribution is 4.95. The lowest BCUT2D eigenvalue weighted by atomic mass is 10.2. The van der Waals surface area contributed by atoms with Crippen LogP contribution in [0.15, 0.2) is 12.4 Å². The van der Waals surface area contributed by atoms with Crippen molar-refractivity contribution in [3.05, 3.63) is 18.2 Å². The topological polar surface area (TPSA) is 53.3 Å². The molecule has 0 bridgehead atoms. The molecule has 5 heteroatoms. The van der Waals surface area contributed by atoms with Crippen molar-refractivity contribution in [3.8, 4) is 0 Å². The standard InChI is InChI=1S/C13H24N4O/c1-2-4-14-12(3-9-18)10-16-7-8-17-6-5-15-13(17)11-16/h5-6,12,14,18H,2-4,7-11H2,1H3. The molecule has 1 aromatic rings. The van der Waals surface area contributed by atoms with Gasteiger partial charge in [0, 0.05) is 44.7 Å². The number of hydrogen-bond donors (Lipinski definition) is 2. The Morgan fingerprint density at radius 2 is 2.39 bits per heavy atom. The van der Waals surface area contributed by atoms with Gasteiger partial charge in [-0.2, -0.15) is 0 Å². The van der Waals surface area contributed by atoms with Gasteiger partial charge in [-0.3, -0.25) is 4.90 Å². The molecule has 0 aliphatic carbocycles. The van der Waals surface area contributed by atoms with E-state index in [9.17, 15) is 0 Å². The monoisotopic (exact) mass is 252 g/mol. The second-order valence-electron chi connectivity index (χ2n) is 4.94. The van der Waals surface area contributed by atoms with Crippen molar-refractivity contribution in [2.45, 2.75) is 38.9 Å². The van der Waals surface area contributed by atoms with Crippen LogP contribution in [0.2, 0.25) is 0 Å². The summed E-state index contributed by atoms with van der Waals surface area (Å²) in [6.07, 6.45) is 5.88. The van der Waals surface area contributed by atoms with Crippen molar-refractivity contribution in [3.63, 3.8) is 0 Å². The van der Waals surface area contributed by atoms with E-state index in [1.54, 1.807) is 0 Å². The number of fused-ring (bicyclic) bond motifs is 1. The van der Waals surface area contributed by atoms with E-state index < -0.39 is 0 Å². The smallest absolute Gasteiger partial charge is 0.122 e. The molecule has 0 amide bonds. The fourth-order valence-corrected chi connectivity index (χ4v) is 2.45. The van der Waals surface area contributed by atoms with E-state index >= 15 is 0 Å². The van der Waals surface area contributed by atoms with E-state index in [4.69, 9.17) is 5.11 Å². The summed E-state index contributed by atoms with van der Waals surface area (Å²) < 4.78 is 2.22. The van der Waals surface area contributed by atoms with Crippen LogP contribution in [0.5, 0.6) is 0 Å². The summed E-state index contributed by atoms with van der Waals surface area (Å²) in [5, 5.41) is 12.6. The zero-order valence-corrected chi connectivity index (χ0v) is 11.2. The molecule has 1 aromatic heterocycles. The zero-order valence-electron chi connectivity index (χ0n) is 11.2. The Bertz CT molecular complexity index is 353. The minimum Gasteiger partial charge on any atom is -0.396 e. The van der Waals surface area contributed by atoms with Crippen molar-refractivity contribution < 1.29 is 5.11 Å². The largest absolute Gasteiger partial charge is 0.396 e. The maximum absolute atomic E-state index is 9.12. The first-order valence-electron chi connectivity index (χ1n) is 6.90. The molecule has 1 atom stereocenters. The van der Waals surface area contributed by atoms with Crippen molar-refractivity contribution in [2.75, 3.05) is 26.2 Å². The van der Waals surface area contributed by atoms with Crippen LogP contribution in [-0.4, -0.2) is 51.8 Å². The maximum Gasteiger partial charge on any atom is 0.122 e. The average molecular weight is 252 g/mol. The van der Waals surface area contributed by atoms with Crippen LogP contribution in [0, 0.1) is 0 Å². The summed E-state index contributed by atoms with van der Waals surface area (Å²) in [5.41, 5.74) is 0. The van der Waals surface area contributed by atoms with Crippen LogP contribution in [-0.2, 0) is 13.1 Å². The Kier molecular flexibility index (Phi) is 5.16. The third-order valence-electron chi connectivity index (χ3n) is 3.46. The number of hydrogen-bond acceptors (Lipinski definition) is 4. The number of imidazole rings is 1. The maximum atomic E-state index is 9.12. The summed E-state index contributed by atoms with van der Waals surface area (Å²) in [5.74, 6) is 1.15. The predicted octanol–water partition coefficient (Wildman–Crippen LogP) is 0.449. The second-order valence-corrected chi connectivity index (χ2v) is 4.94. The van der Waals surface area contributed by atoms with E-state index in [0.717, 1.165) is 51.4 Å². The quantitative estimate of drug-likeness (QED) is 0.740. The Hall–Kier alpha value is -0.910. The molecule has 0 saturated carbocycles. The molecule has 2 heterocycles. The van der Waals surface area contributed by atoms with Gasteiger partial charge < -0.3 is 15.0 Å². The molecule has 18 heavy (non-hydrogen) atoms. The van der Waals surface area contributed by atoms with E-state index in [0.29, 0.717) is 6.04 Å². The van der Waals surface area contributed by atoms with Crippen LogP contribution >= 0.6 is 0 Å². The molecule has 5 nitrogen and oxygen atoms in total. The molecule has 0 aromatic carbocycles. The van der Waals surface area contributed by atoms with Gasteiger partial charge in [-0.05, 0) is 19.4 Å². The van der Waals surface area contributed by atoms with Crippen LogP contribution < -0.4 is 5.32 Å². The molecule has 1 unspecified atom stereocenters. The number of rotatable bonds is 7. The van der Waals surface area contributed by atoms with E-state index in [2.05, 4.69) is 26.7 Å². The van der Waals surface area contributed by atoms with Crippen molar-refractivity contribution >= 4 is 0 Å². The highest BCUT2D eigenvalue weighted by atomic mass is 16.3. The molecule has 102 valence electrons. The van der Waals surface area contributed by atoms with E-state index in [1.165, 1.54) is 0 Å². The molecule has 0 radical (unpaired) electrons. The van der Waals surface area contributed by atoms with Crippen LogP contribution in [0.1, 0.15) is 25.6 Å². The van der Waals surface area contributed by atoms with E-state index in [1.807, 2.05) is 12.4 Å². The van der Waals surface area contributed by atoms with Crippen molar-refractivity contribution in [2.24, 2.45) is 0 Å². The lowest BCUT2D eigenvalue weighted by Crippen LogP contribution is -2.44. The number of nitrogens with zero attached hydrogens (tertiary/aromatic N) is 3. The molecule has 0 fully saturated rings. The van der Waals surface area contributed by atoms with Gasteiger partial charge >= 0.3 is 0 Å². The van der Waals surface area contributed by atoms with Crippen molar-refractivity contribution in [1.29, 1.82) is 0 Å². The molecule has 1 aliphatic rings. The molecule has 2 N–H and O–H groups in total. The molecule has 1 aliphatic heterocycles. The zero-order chi connectivity index (χ0) is 12.8. The minimum absolute atomic E-state index is 0.254. The van der Waals surface area contributed by atoms with E-state index in [-0.39, 0.29) is 6.61 Å². The third-order valence-corrected chi connectivity index (χ3v) is 3.46. The first-order valence-corrected chi connectivity index (χ1v) is 6.90. The second kappa shape index (κ2) is 6.87. The fraction of sp³-hybridized carbons (Fsp3) is 0.769. The van der Waals surface area contributed by atoms with Crippen LogP contribution in [0.3, 0.4) is 0 Å². The SMILES string of the molecule is CCCNC(CCO)CN1CCn2ccnc2C1. The van der Waals surface area contributed by atoms with Gasteiger partial charge in [0.1, 0.15) is 5.82 Å². The predicted molar refractivity (Wildman–Crippen MR) is 71.3 cm³/mol. The molecule has 2 rings (SSSR count). The molecule has 0 saturated heterocycles. The summed E-state index contributed by atoms with van der Waals surface area (Å²) >= 11 is 0. The van der Waals surface area contributed by atoms with Gasteiger partial charge in [0.25, 0.3) is 0 Å². The lowest BCUT2D eigenvalue weighted by molar-refractivity contribution is 0.176. The van der Waals surface area contributed by atoms with Crippen molar-refractivity contribution in [1.82, 2.24) is 19.8 Å². The van der Waals surface area contributed by atoms with Crippen LogP contribution in [0.25, 0.3) is 0 Å². The number of aromatic nitrogens is 2.